The van der Waals surface area contributed by atoms with Gasteiger partial charge in [-0.3, -0.25) is 4.58 Å². The van der Waals surface area contributed by atoms with E-state index in [2.05, 4.69) is 23.6 Å². The number of nitrogens with zero attached hydrogens (tertiary/aromatic N) is 2. The molecule has 5 heteroatoms. The number of aryl methyl sites for hydroxylation is 1. The van der Waals surface area contributed by atoms with E-state index in [1.807, 2.05) is 17.0 Å². The molecule has 0 aromatic heterocycles. The van der Waals surface area contributed by atoms with Crippen molar-refractivity contribution in [2.75, 3.05) is 25.1 Å². The summed E-state index contributed by atoms with van der Waals surface area (Å²) in [6.45, 7) is 3.37. The summed E-state index contributed by atoms with van der Waals surface area (Å²) in [6.07, 6.45) is 5.19. The second kappa shape index (κ2) is 7.55. The number of benzene rings is 2. The monoisotopic (exact) mass is 383 g/mol. The van der Waals surface area contributed by atoms with Gasteiger partial charge in [0.05, 0.1) is 19.2 Å². The molecule has 0 saturated heterocycles. The molecule has 1 atom stereocenters. The lowest BCUT2D eigenvalue weighted by Gasteiger charge is -2.29. The summed E-state index contributed by atoms with van der Waals surface area (Å²) in [5, 5.41) is 11.9. The lowest BCUT2D eigenvalue weighted by molar-refractivity contribution is -0.534. The minimum Gasteiger partial charge on any atom is -0.497 e. The maximum atomic E-state index is 15.0. The number of amidine groups is 1. The van der Waals surface area contributed by atoms with E-state index < -0.39 is 11.5 Å². The number of rotatable bonds is 4. The molecule has 0 amide bonds. The number of halogens is 1. The third-order valence-corrected chi connectivity index (χ3v) is 5.94. The predicted molar refractivity (Wildman–Crippen MR) is 109 cm³/mol. The average Bonchev–Trinajstić information content (AvgIpc) is 2.84. The fourth-order valence-electron chi connectivity index (χ4n) is 4.42. The van der Waals surface area contributed by atoms with Crippen LogP contribution in [0.5, 0.6) is 5.75 Å². The zero-order chi connectivity index (χ0) is 19.7. The van der Waals surface area contributed by atoms with Crippen LogP contribution in [0.1, 0.15) is 43.7 Å². The zero-order valence-corrected chi connectivity index (χ0v) is 16.6. The van der Waals surface area contributed by atoms with Gasteiger partial charge in [-0.2, -0.15) is 4.90 Å². The molecular weight excluding hydrogens is 355 g/mol. The fourth-order valence-corrected chi connectivity index (χ4v) is 4.42. The molecule has 2 aromatic rings. The summed E-state index contributed by atoms with van der Waals surface area (Å²) >= 11 is 0. The highest BCUT2D eigenvalue weighted by atomic mass is 19.1. The molecule has 148 valence electrons. The van der Waals surface area contributed by atoms with Crippen molar-refractivity contribution in [1.82, 2.24) is 0 Å². The first-order valence-electron chi connectivity index (χ1n) is 10.1. The SMILES string of the molecule is CCc1ccc(N2C3=[N+](CCCCC3)C[C@]2(O)c2ccc(OC)cc2F)cc1. The Morgan fingerprint density at radius 2 is 1.93 bits per heavy atom. The Morgan fingerprint density at radius 3 is 2.61 bits per heavy atom. The van der Waals surface area contributed by atoms with Crippen molar-refractivity contribution in [2.45, 2.75) is 44.8 Å². The second-order valence-electron chi connectivity index (χ2n) is 7.67. The van der Waals surface area contributed by atoms with Gasteiger partial charge in [0.25, 0.3) is 11.6 Å². The minimum atomic E-state index is -1.45. The molecule has 2 aliphatic rings. The molecular formula is C23H28FN2O2+. The first kappa shape index (κ1) is 18.9. The van der Waals surface area contributed by atoms with Crippen molar-refractivity contribution in [1.29, 1.82) is 0 Å². The van der Waals surface area contributed by atoms with Crippen LogP contribution in [0.25, 0.3) is 0 Å². The lowest BCUT2D eigenvalue weighted by atomic mass is 9.98. The average molecular weight is 383 g/mol. The summed E-state index contributed by atoms with van der Waals surface area (Å²) in [5.74, 6) is 1.08. The zero-order valence-electron chi connectivity index (χ0n) is 16.6. The van der Waals surface area contributed by atoms with Gasteiger partial charge in [-0.25, -0.2) is 4.39 Å². The predicted octanol–water partition coefficient (Wildman–Crippen LogP) is 4.05. The van der Waals surface area contributed by atoms with E-state index in [0.29, 0.717) is 12.3 Å². The summed E-state index contributed by atoms with van der Waals surface area (Å²) in [7, 11) is 1.51. The van der Waals surface area contributed by atoms with Crippen LogP contribution in [0.3, 0.4) is 0 Å². The van der Waals surface area contributed by atoms with Crippen LogP contribution < -0.4 is 9.64 Å². The van der Waals surface area contributed by atoms with E-state index in [1.165, 1.54) is 25.2 Å². The summed E-state index contributed by atoms with van der Waals surface area (Å²) in [5.41, 5.74) is 0.976. The van der Waals surface area contributed by atoms with Crippen LogP contribution in [-0.4, -0.2) is 35.7 Å². The van der Waals surface area contributed by atoms with Crippen LogP contribution in [0.15, 0.2) is 42.5 Å². The fraction of sp³-hybridized carbons (Fsp3) is 0.435. The largest absolute Gasteiger partial charge is 0.497 e. The molecule has 2 aliphatic heterocycles. The maximum absolute atomic E-state index is 15.0. The van der Waals surface area contributed by atoms with Crippen molar-refractivity contribution >= 4 is 11.5 Å². The molecule has 2 aromatic carbocycles. The van der Waals surface area contributed by atoms with E-state index >= 15 is 4.39 Å². The molecule has 4 rings (SSSR count). The van der Waals surface area contributed by atoms with E-state index in [9.17, 15) is 5.11 Å². The van der Waals surface area contributed by atoms with Crippen molar-refractivity contribution in [2.24, 2.45) is 0 Å². The molecule has 0 saturated carbocycles. The maximum Gasteiger partial charge on any atom is 0.278 e. The molecule has 28 heavy (non-hydrogen) atoms. The first-order chi connectivity index (χ1) is 13.6. The first-order valence-corrected chi connectivity index (χ1v) is 10.1. The Balaban J connectivity index is 1.83. The Hall–Kier alpha value is -2.40. The highest BCUT2D eigenvalue weighted by Gasteiger charge is 2.55. The highest BCUT2D eigenvalue weighted by molar-refractivity contribution is 5.97. The van der Waals surface area contributed by atoms with Crippen molar-refractivity contribution in [3.05, 3.63) is 59.4 Å². The van der Waals surface area contributed by atoms with Gasteiger partial charge in [-0.15, -0.1) is 0 Å². The van der Waals surface area contributed by atoms with Crippen LogP contribution >= 0.6 is 0 Å². The van der Waals surface area contributed by atoms with Gasteiger partial charge in [0.2, 0.25) is 0 Å². The number of hydrogen-bond acceptors (Lipinski definition) is 3. The Morgan fingerprint density at radius 1 is 1.14 bits per heavy atom. The molecule has 2 heterocycles. The molecule has 0 bridgehead atoms. The summed E-state index contributed by atoms with van der Waals surface area (Å²) < 4.78 is 22.4. The van der Waals surface area contributed by atoms with E-state index in [1.54, 1.807) is 12.1 Å². The van der Waals surface area contributed by atoms with Crippen molar-refractivity contribution < 1.29 is 18.8 Å². The number of hydrogen-bond donors (Lipinski definition) is 1. The van der Waals surface area contributed by atoms with Crippen molar-refractivity contribution in [3.63, 3.8) is 0 Å². The molecule has 1 N–H and O–H groups in total. The van der Waals surface area contributed by atoms with E-state index in [4.69, 9.17) is 4.74 Å². The van der Waals surface area contributed by atoms with Gasteiger partial charge in [-0.1, -0.05) is 19.1 Å². The molecule has 0 aliphatic carbocycles. The second-order valence-corrected chi connectivity index (χ2v) is 7.67. The number of anilines is 1. The standard InChI is InChI=1S/C23H28FN2O2/c1-3-17-8-10-18(11-9-17)26-22-7-5-4-6-14-25(22)16-23(26,27)20-13-12-19(28-2)15-21(20)24/h8-13,15,27H,3-7,14,16H2,1-2H3/q+1/t23-/m0/s1. The lowest BCUT2D eigenvalue weighted by Crippen LogP contribution is -2.48. The van der Waals surface area contributed by atoms with E-state index in [0.717, 1.165) is 43.8 Å². The molecule has 0 unspecified atom stereocenters. The van der Waals surface area contributed by atoms with Gasteiger partial charge >= 0.3 is 0 Å². The Kier molecular flexibility index (Phi) is 5.11. The molecule has 0 fully saturated rings. The highest BCUT2D eigenvalue weighted by Crippen LogP contribution is 2.39. The van der Waals surface area contributed by atoms with Gasteiger partial charge in [0.1, 0.15) is 17.3 Å². The smallest absolute Gasteiger partial charge is 0.278 e. The summed E-state index contributed by atoms with van der Waals surface area (Å²) in [4.78, 5) is 1.95. The number of methoxy groups -OCH3 is 1. The van der Waals surface area contributed by atoms with Crippen LogP contribution in [0, 0.1) is 5.82 Å². The minimum absolute atomic E-state index is 0.286. The Bertz CT molecular complexity index is 894. The van der Waals surface area contributed by atoms with Crippen LogP contribution in [0.2, 0.25) is 0 Å². The quantitative estimate of drug-likeness (QED) is 0.809. The van der Waals surface area contributed by atoms with E-state index in [-0.39, 0.29) is 5.56 Å². The van der Waals surface area contributed by atoms with Gasteiger partial charge in [0.15, 0.2) is 6.54 Å². The Labute approximate surface area is 165 Å². The third-order valence-electron chi connectivity index (χ3n) is 5.94. The molecule has 4 nitrogen and oxygen atoms in total. The normalized spacial score (nSPS) is 22.2. The number of ether oxygens (including phenoxy) is 1. The summed E-state index contributed by atoms with van der Waals surface area (Å²) in [6, 6.07) is 12.9. The molecule has 0 radical (unpaired) electrons. The third kappa shape index (κ3) is 3.18. The van der Waals surface area contributed by atoms with Gasteiger partial charge in [-0.05, 0) is 55.5 Å². The van der Waals surface area contributed by atoms with Crippen molar-refractivity contribution in [3.8, 4) is 5.75 Å². The topological polar surface area (TPSA) is 35.7 Å². The molecule has 0 spiro atoms. The van der Waals surface area contributed by atoms with Crippen LogP contribution in [-0.2, 0) is 12.1 Å². The number of aliphatic hydroxyl groups is 1. The van der Waals surface area contributed by atoms with Gasteiger partial charge in [0, 0.05) is 12.5 Å². The van der Waals surface area contributed by atoms with Crippen LogP contribution in [0.4, 0.5) is 10.1 Å². The van der Waals surface area contributed by atoms with Gasteiger partial charge < -0.3 is 9.84 Å².